The number of nitrogens with zero attached hydrogens (tertiary/aromatic N) is 1. The van der Waals surface area contributed by atoms with E-state index in [1.165, 1.54) is 24.3 Å². The summed E-state index contributed by atoms with van der Waals surface area (Å²) in [5.74, 6) is 0.488. The molecule has 0 saturated carbocycles. The van der Waals surface area contributed by atoms with Crippen molar-refractivity contribution in [3.05, 3.63) is 63.7 Å². The standard InChI is InChI=1S/C16H16N2O3/c1-21-14-6-7-15(16(10-14)18(19)20)17-13-8-11-4-2-3-5-12(11)9-13/h2-7,10,13,17H,8-9H2,1H3. The van der Waals surface area contributed by atoms with Gasteiger partial charge in [-0.1, -0.05) is 24.3 Å². The summed E-state index contributed by atoms with van der Waals surface area (Å²) in [7, 11) is 1.50. The molecule has 0 unspecified atom stereocenters. The molecule has 0 heterocycles. The summed E-state index contributed by atoms with van der Waals surface area (Å²) >= 11 is 0. The van der Waals surface area contributed by atoms with Crippen LogP contribution in [-0.2, 0) is 12.8 Å². The first-order valence-electron chi connectivity index (χ1n) is 6.83. The van der Waals surface area contributed by atoms with Crippen LogP contribution in [0.15, 0.2) is 42.5 Å². The Morgan fingerprint density at radius 2 is 1.86 bits per heavy atom. The van der Waals surface area contributed by atoms with E-state index in [0.29, 0.717) is 11.4 Å². The van der Waals surface area contributed by atoms with Gasteiger partial charge in [0.2, 0.25) is 0 Å². The van der Waals surface area contributed by atoms with Gasteiger partial charge in [-0.3, -0.25) is 10.1 Å². The summed E-state index contributed by atoms with van der Waals surface area (Å²) in [6, 6.07) is 13.4. The molecular weight excluding hydrogens is 268 g/mol. The Morgan fingerprint density at radius 3 is 2.43 bits per heavy atom. The minimum atomic E-state index is -0.382. The van der Waals surface area contributed by atoms with Crippen molar-refractivity contribution in [1.82, 2.24) is 0 Å². The fourth-order valence-corrected chi connectivity index (χ4v) is 2.79. The summed E-state index contributed by atoms with van der Waals surface area (Å²) in [6.07, 6.45) is 1.78. The van der Waals surface area contributed by atoms with Gasteiger partial charge in [0.05, 0.1) is 18.1 Å². The van der Waals surface area contributed by atoms with Crippen LogP contribution in [-0.4, -0.2) is 18.1 Å². The molecule has 0 atom stereocenters. The van der Waals surface area contributed by atoms with Crippen molar-refractivity contribution in [1.29, 1.82) is 0 Å². The average Bonchev–Trinajstić information content (AvgIpc) is 2.89. The van der Waals surface area contributed by atoms with Gasteiger partial charge in [-0.05, 0) is 36.1 Å². The first kappa shape index (κ1) is 13.4. The number of hydrogen-bond donors (Lipinski definition) is 1. The van der Waals surface area contributed by atoms with Gasteiger partial charge in [0.15, 0.2) is 0 Å². The quantitative estimate of drug-likeness (QED) is 0.691. The zero-order valence-corrected chi connectivity index (χ0v) is 11.7. The Balaban J connectivity index is 1.82. The van der Waals surface area contributed by atoms with Crippen LogP contribution < -0.4 is 10.1 Å². The molecule has 1 aliphatic carbocycles. The van der Waals surface area contributed by atoms with Gasteiger partial charge < -0.3 is 10.1 Å². The van der Waals surface area contributed by atoms with E-state index in [1.54, 1.807) is 12.1 Å². The van der Waals surface area contributed by atoms with Gasteiger partial charge in [0, 0.05) is 6.04 Å². The van der Waals surface area contributed by atoms with Gasteiger partial charge in [0.25, 0.3) is 5.69 Å². The molecule has 108 valence electrons. The maximum absolute atomic E-state index is 11.2. The Hall–Kier alpha value is -2.56. The van der Waals surface area contributed by atoms with E-state index in [4.69, 9.17) is 4.74 Å². The number of hydrogen-bond acceptors (Lipinski definition) is 4. The van der Waals surface area contributed by atoms with Gasteiger partial charge in [-0.25, -0.2) is 0 Å². The molecule has 21 heavy (non-hydrogen) atoms. The molecular formula is C16H16N2O3. The van der Waals surface area contributed by atoms with Crippen LogP contribution in [0, 0.1) is 10.1 Å². The molecule has 0 spiro atoms. The Bertz CT molecular complexity index is 660. The molecule has 0 saturated heterocycles. The zero-order chi connectivity index (χ0) is 14.8. The Labute approximate surface area is 122 Å². The minimum Gasteiger partial charge on any atom is -0.496 e. The minimum absolute atomic E-state index is 0.0466. The molecule has 3 rings (SSSR count). The lowest BCUT2D eigenvalue weighted by atomic mass is 10.1. The van der Waals surface area contributed by atoms with Crippen LogP contribution in [0.1, 0.15) is 11.1 Å². The lowest BCUT2D eigenvalue weighted by Crippen LogP contribution is -2.20. The molecule has 0 fully saturated rings. The third-order valence-electron chi connectivity index (χ3n) is 3.81. The predicted octanol–water partition coefficient (Wildman–Crippen LogP) is 3.18. The van der Waals surface area contributed by atoms with Crippen molar-refractivity contribution < 1.29 is 9.66 Å². The SMILES string of the molecule is COc1ccc(NC2Cc3ccccc3C2)c([N+](=O)[O-])c1. The first-order valence-corrected chi connectivity index (χ1v) is 6.83. The molecule has 5 heteroatoms. The summed E-state index contributed by atoms with van der Waals surface area (Å²) in [4.78, 5) is 10.8. The maximum Gasteiger partial charge on any atom is 0.296 e. The zero-order valence-electron chi connectivity index (χ0n) is 11.7. The second-order valence-electron chi connectivity index (χ2n) is 5.16. The topological polar surface area (TPSA) is 64.4 Å². The van der Waals surface area contributed by atoms with E-state index in [2.05, 4.69) is 17.4 Å². The Morgan fingerprint density at radius 1 is 1.19 bits per heavy atom. The summed E-state index contributed by atoms with van der Waals surface area (Å²) < 4.78 is 5.05. The van der Waals surface area contributed by atoms with Gasteiger partial charge in [-0.2, -0.15) is 0 Å². The number of nitro benzene ring substituents is 1. The second-order valence-corrected chi connectivity index (χ2v) is 5.16. The average molecular weight is 284 g/mol. The fraction of sp³-hybridized carbons (Fsp3) is 0.250. The number of nitrogens with one attached hydrogen (secondary N) is 1. The molecule has 2 aromatic rings. The van der Waals surface area contributed by atoms with E-state index >= 15 is 0 Å². The highest BCUT2D eigenvalue weighted by Gasteiger charge is 2.24. The Kier molecular flexibility index (Phi) is 3.48. The third kappa shape index (κ3) is 2.67. The lowest BCUT2D eigenvalue weighted by Gasteiger charge is -2.14. The predicted molar refractivity (Wildman–Crippen MR) is 80.9 cm³/mol. The number of fused-ring (bicyclic) bond motifs is 1. The number of nitro groups is 1. The van der Waals surface area contributed by atoms with Crippen LogP contribution in [0.4, 0.5) is 11.4 Å². The van der Waals surface area contributed by atoms with Crippen molar-refractivity contribution in [2.45, 2.75) is 18.9 Å². The number of ether oxygens (including phenoxy) is 1. The van der Waals surface area contributed by atoms with Crippen molar-refractivity contribution in [3.8, 4) is 5.75 Å². The molecule has 1 N–H and O–H groups in total. The molecule has 0 aromatic heterocycles. The maximum atomic E-state index is 11.2. The number of rotatable bonds is 4. The van der Waals surface area contributed by atoms with Crippen molar-refractivity contribution in [2.75, 3.05) is 12.4 Å². The number of methoxy groups -OCH3 is 1. The molecule has 0 radical (unpaired) electrons. The van der Waals surface area contributed by atoms with Gasteiger partial charge in [0.1, 0.15) is 11.4 Å². The molecule has 1 aliphatic rings. The van der Waals surface area contributed by atoms with Crippen molar-refractivity contribution >= 4 is 11.4 Å². The van der Waals surface area contributed by atoms with E-state index in [1.807, 2.05) is 12.1 Å². The van der Waals surface area contributed by atoms with Gasteiger partial charge in [-0.15, -0.1) is 0 Å². The smallest absolute Gasteiger partial charge is 0.296 e. The normalized spacial score (nSPS) is 13.8. The van der Waals surface area contributed by atoms with Crippen LogP contribution in [0.5, 0.6) is 5.75 Å². The largest absolute Gasteiger partial charge is 0.496 e. The van der Waals surface area contributed by atoms with Crippen molar-refractivity contribution in [3.63, 3.8) is 0 Å². The highest BCUT2D eigenvalue weighted by molar-refractivity contribution is 5.64. The number of benzene rings is 2. The molecule has 0 aliphatic heterocycles. The van der Waals surface area contributed by atoms with Gasteiger partial charge >= 0.3 is 0 Å². The molecule has 0 amide bonds. The van der Waals surface area contributed by atoms with E-state index in [0.717, 1.165) is 12.8 Å². The summed E-state index contributed by atoms with van der Waals surface area (Å²) in [6.45, 7) is 0. The summed E-state index contributed by atoms with van der Waals surface area (Å²) in [5.41, 5.74) is 3.21. The van der Waals surface area contributed by atoms with E-state index in [9.17, 15) is 10.1 Å². The molecule has 0 bridgehead atoms. The number of anilines is 1. The van der Waals surface area contributed by atoms with Crippen LogP contribution in [0.3, 0.4) is 0 Å². The second kappa shape index (κ2) is 5.44. The van der Waals surface area contributed by atoms with E-state index in [-0.39, 0.29) is 16.7 Å². The third-order valence-corrected chi connectivity index (χ3v) is 3.81. The monoisotopic (exact) mass is 284 g/mol. The van der Waals surface area contributed by atoms with Crippen LogP contribution >= 0.6 is 0 Å². The van der Waals surface area contributed by atoms with Crippen LogP contribution in [0.2, 0.25) is 0 Å². The highest BCUT2D eigenvalue weighted by Crippen LogP contribution is 2.32. The fourth-order valence-electron chi connectivity index (χ4n) is 2.79. The summed E-state index contributed by atoms with van der Waals surface area (Å²) in [5, 5.41) is 14.5. The first-order chi connectivity index (χ1) is 10.2. The van der Waals surface area contributed by atoms with Crippen LogP contribution in [0.25, 0.3) is 0 Å². The molecule has 5 nitrogen and oxygen atoms in total. The van der Waals surface area contributed by atoms with Crippen molar-refractivity contribution in [2.24, 2.45) is 0 Å². The lowest BCUT2D eigenvalue weighted by molar-refractivity contribution is -0.384. The molecule has 2 aromatic carbocycles. The highest BCUT2D eigenvalue weighted by atomic mass is 16.6. The van der Waals surface area contributed by atoms with E-state index < -0.39 is 0 Å².